The Morgan fingerprint density at radius 2 is 1.58 bits per heavy atom. The van der Waals surface area contributed by atoms with Crippen LogP contribution in [-0.2, 0) is 32.4 Å². The van der Waals surface area contributed by atoms with Crippen molar-refractivity contribution in [2.24, 2.45) is 5.73 Å². The largest absolute Gasteiger partial charge is 0.457 e. The first-order valence-corrected chi connectivity index (χ1v) is 16.3. The number of hydrogen-bond acceptors (Lipinski definition) is 6. The summed E-state index contributed by atoms with van der Waals surface area (Å²) in [6.45, 7) is 2.41. The van der Waals surface area contributed by atoms with Crippen molar-refractivity contribution in [3.05, 3.63) is 102 Å². The standard InChI is InChI=1S/C34H37N3O5S/c1-2-43(40,41)30-11-7-10-29(22-30)42-28-17-14-24(15-18-28)23-37-32(12-5-6-19-35)33(38)36-31(34(37)39)21-25-13-16-26-8-3-4-9-27(26)20-25/h3-4,7-11,13-18,20,22,31-32H,2,5-6,12,19,21,23,35H2,1H3,(H,36,38)/t31-,32-/m0/s1. The maximum absolute atomic E-state index is 13.8. The van der Waals surface area contributed by atoms with Crippen LogP contribution in [0.3, 0.4) is 0 Å². The molecular formula is C34H37N3O5S. The summed E-state index contributed by atoms with van der Waals surface area (Å²) in [6.07, 6.45) is 2.46. The summed E-state index contributed by atoms with van der Waals surface area (Å²) in [4.78, 5) is 29.1. The first-order chi connectivity index (χ1) is 20.8. The van der Waals surface area contributed by atoms with Crippen LogP contribution in [0.4, 0.5) is 0 Å². The van der Waals surface area contributed by atoms with Gasteiger partial charge in [0.1, 0.15) is 23.6 Å². The summed E-state index contributed by atoms with van der Waals surface area (Å²) in [6, 6.07) is 26.6. The van der Waals surface area contributed by atoms with E-state index < -0.39 is 21.9 Å². The van der Waals surface area contributed by atoms with Crippen molar-refractivity contribution in [3.8, 4) is 11.5 Å². The molecule has 0 unspecified atom stereocenters. The fraction of sp³-hybridized carbons (Fsp3) is 0.294. The molecule has 4 aromatic rings. The molecule has 1 aliphatic rings. The summed E-state index contributed by atoms with van der Waals surface area (Å²) in [7, 11) is -3.35. The predicted octanol–water partition coefficient (Wildman–Crippen LogP) is 4.99. The van der Waals surface area contributed by atoms with Gasteiger partial charge in [-0.25, -0.2) is 8.42 Å². The van der Waals surface area contributed by atoms with Crippen molar-refractivity contribution in [2.75, 3.05) is 12.3 Å². The van der Waals surface area contributed by atoms with E-state index in [0.29, 0.717) is 30.9 Å². The van der Waals surface area contributed by atoms with Gasteiger partial charge in [0, 0.05) is 13.0 Å². The number of hydrogen-bond donors (Lipinski definition) is 2. The van der Waals surface area contributed by atoms with Gasteiger partial charge in [0.2, 0.25) is 11.8 Å². The second-order valence-electron chi connectivity index (χ2n) is 10.8. The van der Waals surface area contributed by atoms with Crippen LogP contribution in [0, 0.1) is 0 Å². The highest BCUT2D eigenvalue weighted by Gasteiger charge is 2.40. The van der Waals surface area contributed by atoms with Crippen molar-refractivity contribution < 1.29 is 22.7 Å². The number of sulfone groups is 1. The minimum absolute atomic E-state index is 0.00866. The Labute approximate surface area is 252 Å². The number of nitrogens with two attached hydrogens (primary N) is 1. The summed E-state index contributed by atoms with van der Waals surface area (Å²) in [5.74, 6) is 0.700. The number of piperazine rings is 1. The molecule has 0 saturated carbocycles. The van der Waals surface area contributed by atoms with Crippen molar-refractivity contribution in [2.45, 2.75) is 56.1 Å². The molecule has 9 heteroatoms. The minimum atomic E-state index is -3.35. The zero-order valence-corrected chi connectivity index (χ0v) is 25.1. The zero-order valence-electron chi connectivity index (χ0n) is 24.2. The monoisotopic (exact) mass is 599 g/mol. The minimum Gasteiger partial charge on any atom is -0.457 e. The van der Waals surface area contributed by atoms with E-state index in [1.807, 2.05) is 48.5 Å². The molecule has 1 heterocycles. The molecular weight excluding hydrogens is 562 g/mol. The lowest BCUT2D eigenvalue weighted by Crippen LogP contribution is -2.63. The number of carbonyl (C=O) groups excluding carboxylic acids is 2. The normalized spacial score (nSPS) is 17.2. The SMILES string of the molecule is CCS(=O)(=O)c1cccc(Oc2ccc(CN3C(=O)[C@H](Cc4ccc5ccccc5c4)NC(=O)[C@@H]3CCCCN)cc2)c1. The van der Waals surface area contributed by atoms with Crippen molar-refractivity contribution in [1.29, 1.82) is 0 Å². The summed E-state index contributed by atoms with van der Waals surface area (Å²) >= 11 is 0. The number of unbranched alkanes of at least 4 members (excludes halogenated alkanes) is 1. The van der Waals surface area contributed by atoms with Gasteiger partial charge in [-0.2, -0.15) is 0 Å². The number of fused-ring (bicyclic) bond motifs is 1. The van der Waals surface area contributed by atoms with Crippen molar-refractivity contribution >= 4 is 32.4 Å². The van der Waals surface area contributed by atoms with Gasteiger partial charge in [-0.1, -0.05) is 67.6 Å². The van der Waals surface area contributed by atoms with E-state index >= 15 is 0 Å². The van der Waals surface area contributed by atoms with E-state index in [2.05, 4.69) is 11.4 Å². The van der Waals surface area contributed by atoms with E-state index in [0.717, 1.165) is 34.7 Å². The van der Waals surface area contributed by atoms with E-state index in [9.17, 15) is 18.0 Å². The van der Waals surface area contributed by atoms with Crippen LogP contribution in [0.2, 0.25) is 0 Å². The van der Waals surface area contributed by atoms with Crippen LogP contribution in [0.25, 0.3) is 10.8 Å². The number of nitrogens with zero attached hydrogens (tertiary/aromatic N) is 1. The van der Waals surface area contributed by atoms with Crippen LogP contribution in [0.15, 0.2) is 95.9 Å². The molecule has 224 valence electrons. The quantitative estimate of drug-likeness (QED) is 0.222. The lowest BCUT2D eigenvalue weighted by Gasteiger charge is -2.39. The van der Waals surface area contributed by atoms with E-state index in [4.69, 9.17) is 10.5 Å². The highest BCUT2D eigenvalue weighted by Crippen LogP contribution is 2.27. The Balaban J connectivity index is 1.32. The molecule has 5 rings (SSSR count). The van der Waals surface area contributed by atoms with Crippen LogP contribution >= 0.6 is 0 Å². The van der Waals surface area contributed by atoms with Crippen LogP contribution in [-0.4, -0.2) is 49.5 Å². The molecule has 2 amide bonds. The van der Waals surface area contributed by atoms with Gasteiger partial charge >= 0.3 is 0 Å². The Kier molecular flexibility index (Phi) is 9.43. The van der Waals surface area contributed by atoms with E-state index in [-0.39, 0.29) is 29.0 Å². The maximum Gasteiger partial charge on any atom is 0.246 e. The van der Waals surface area contributed by atoms with E-state index in [1.165, 1.54) is 6.07 Å². The van der Waals surface area contributed by atoms with Crippen LogP contribution in [0.1, 0.15) is 37.3 Å². The van der Waals surface area contributed by atoms with Gasteiger partial charge in [-0.15, -0.1) is 0 Å². The third kappa shape index (κ3) is 7.24. The third-order valence-electron chi connectivity index (χ3n) is 7.82. The molecule has 1 aliphatic heterocycles. The first-order valence-electron chi connectivity index (χ1n) is 14.7. The molecule has 0 radical (unpaired) electrons. The first kappa shape index (κ1) is 30.3. The average molecular weight is 600 g/mol. The van der Waals surface area contributed by atoms with Gasteiger partial charge in [-0.05, 0) is 78.0 Å². The second kappa shape index (κ2) is 13.4. The van der Waals surface area contributed by atoms with E-state index in [1.54, 1.807) is 42.2 Å². The second-order valence-corrected chi connectivity index (χ2v) is 13.1. The molecule has 0 spiro atoms. The highest BCUT2D eigenvalue weighted by atomic mass is 32.2. The Bertz CT molecular complexity index is 1700. The summed E-state index contributed by atoms with van der Waals surface area (Å²) in [5, 5.41) is 5.20. The lowest BCUT2D eigenvalue weighted by molar-refractivity contribution is -0.150. The number of amides is 2. The van der Waals surface area contributed by atoms with Crippen LogP contribution < -0.4 is 15.8 Å². The smallest absolute Gasteiger partial charge is 0.246 e. The van der Waals surface area contributed by atoms with Gasteiger partial charge in [-0.3, -0.25) is 9.59 Å². The predicted molar refractivity (Wildman–Crippen MR) is 168 cm³/mol. The molecule has 2 atom stereocenters. The zero-order chi connectivity index (χ0) is 30.4. The lowest BCUT2D eigenvalue weighted by atomic mass is 9.96. The molecule has 8 nitrogen and oxygen atoms in total. The van der Waals surface area contributed by atoms with Gasteiger partial charge < -0.3 is 20.7 Å². The highest BCUT2D eigenvalue weighted by molar-refractivity contribution is 7.91. The summed E-state index contributed by atoms with van der Waals surface area (Å²) < 4.78 is 30.4. The number of carbonyl (C=O) groups is 2. The molecule has 0 bridgehead atoms. The van der Waals surface area contributed by atoms with Gasteiger partial charge in [0.05, 0.1) is 10.6 Å². The Morgan fingerprint density at radius 3 is 2.33 bits per heavy atom. The Morgan fingerprint density at radius 1 is 0.837 bits per heavy atom. The maximum atomic E-state index is 13.8. The number of ether oxygens (including phenoxy) is 1. The fourth-order valence-electron chi connectivity index (χ4n) is 5.42. The van der Waals surface area contributed by atoms with Gasteiger partial charge in [0.25, 0.3) is 0 Å². The van der Waals surface area contributed by atoms with Crippen molar-refractivity contribution in [3.63, 3.8) is 0 Å². The molecule has 1 saturated heterocycles. The van der Waals surface area contributed by atoms with Crippen LogP contribution in [0.5, 0.6) is 11.5 Å². The summed E-state index contributed by atoms with van der Waals surface area (Å²) in [5.41, 5.74) is 7.53. The molecule has 0 aliphatic carbocycles. The topological polar surface area (TPSA) is 119 Å². The molecule has 3 N–H and O–H groups in total. The molecule has 4 aromatic carbocycles. The molecule has 0 aromatic heterocycles. The number of nitrogens with one attached hydrogen (secondary N) is 1. The van der Waals surface area contributed by atoms with Gasteiger partial charge in [0.15, 0.2) is 9.84 Å². The Hall–Kier alpha value is -4.21. The van der Waals surface area contributed by atoms with Crippen molar-refractivity contribution in [1.82, 2.24) is 10.2 Å². The number of benzene rings is 4. The fourth-order valence-corrected chi connectivity index (χ4v) is 6.33. The average Bonchev–Trinajstić information content (AvgIpc) is 3.02. The molecule has 43 heavy (non-hydrogen) atoms. The number of rotatable bonds is 12. The third-order valence-corrected chi connectivity index (χ3v) is 9.55. The molecule has 1 fully saturated rings.